The lowest BCUT2D eigenvalue weighted by atomic mass is 9.89. The third-order valence-corrected chi connectivity index (χ3v) is 4.00. The SMILES string of the molecule is CC(P=O)(c1ccccc1N)c1ccccc1N. The molecule has 0 amide bonds. The molecule has 0 bridgehead atoms. The number of anilines is 2. The molecule has 4 N–H and O–H groups in total. The van der Waals surface area contributed by atoms with Gasteiger partial charge in [-0.1, -0.05) is 36.4 Å². The zero-order valence-electron chi connectivity index (χ0n) is 10.1. The molecular formula is C14H15N2OP. The van der Waals surface area contributed by atoms with Crippen molar-refractivity contribution < 1.29 is 4.57 Å². The number of benzene rings is 2. The molecule has 0 saturated heterocycles. The first-order valence-electron chi connectivity index (χ1n) is 5.64. The van der Waals surface area contributed by atoms with Crippen LogP contribution in [0, 0.1) is 0 Å². The van der Waals surface area contributed by atoms with E-state index in [1.165, 1.54) is 0 Å². The Labute approximate surface area is 108 Å². The number of nitrogens with two attached hydrogens (primary N) is 2. The van der Waals surface area contributed by atoms with Crippen LogP contribution in [0.4, 0.5) is 11.4 Å². The second-order valence-electron chi connectivity index (χ2n) is 4.34. The van der Waals surface area contributed by atoms with Crippen molar-refractivity contribution in [2.75, 3.05) is 11.5 Å². The Balaban J connectivity index is 2.67. The molecule has 2 aromatic rings. The zero-order valence-corrected chi connectivity index (χ0v) is 11.0. The molecule has 0 aromatic heterocycles. The number of nitrogen functional groups attached to an aromatic ring is 2. The zero-order chi connectivity index (χ0) is 13.2. The topological polar surface area (TPSA) is 69.1 Å². The van der Waals surface area contributed by atoms with Gasteiger partial charge in [-0.15, -0.1) is 0 Å². The maximum Gasteiger partial charge on any atom is 0.171 e. The van der Waals surface area contributed by atoms with Gasteiger partial charge in [0.1, 0.15) is 5.16 Å². The van der Waals surface area contributed by atoms with E-state index in [0.717, 1.165) is 11.1 Å². The van der Waals surface area contributed by atoms with E-state index in [2.05, 4.69) is 0 Å². The van der Waals surface area contributed by atoms with Crippen LogP contribution in [0.15, 0.2) is 48.5 Å². The summed E-state index contributed by atoms with van der Waals surface area (Å²) in [6.45, 7) is 1.87. The Bertz CT molecular complexity index is 538. The fourth-order valence-corrected chi connectivity index (χ4v) is 2.73. The van der Waals surface area contributed by atoms with E-state index in [0.29, 0.717) is 11.4 Å². The van der Waals surface area contributed by atoms with Crippen molar-refractivity contribution in [2.45, 2.75) is 12.1 Å². The highest BCUT2D eigenvalue weighted by Gasteiger charge is 2.33. The fraction of sp³-hybridized carbons (Fsp3) is 0.143. The minimum Gasteiger partial charge on any atom is -0.398 e. The first-order chi connectivity index (χ1) is 8.59. The lowest BCUT2D eigenvalue weighted by Crippen LogP contribution is -2.19. The van der Waals surface area contributed by atoms with Crippen molar-refractivity contribution in [1.82, 2.24) is 0 Å². The van der Waals surface area contributed by atoms with Crippen molar-refractivity contribution in [3.05, 3.63) is 59.7 Å². The first-order valence-corrected chi connectivity index (χ1v) is 6.45. The van der Waals surface area contributed by atoms with Gasteiger partial charge in [-0.2, -0.15) is 0 Å². The molecule has 0 heterocycles. The van der Waals surface area contributed by atoms with Gasteiger partial charge in [0.15, 0.2) is 8.46 Å². The first kappa shape index (κ1) is 12.6. The maximum atomic E-state index is 11.7. The van der Waals surface area contributed by atoms with Gasteiger partial charge in [0.05, 0.1) is 0 Å². The number of rotatable bonds is 3. The van der Waals surface area contributed by atoms with Crippen LogP contribution in [0.25, 0.3) is 0 Å². The molecule has 0 atom stereocenters. The summed E-state index contributed by atoms with van der Waals surface area (Å²) in [7, 11) is -0.0319. The lowest BCUT2D eigenvalue weighted by molar-refractivity contribution is 0.582. The van der Waals surface area contributed by atoms with Crippen molar-refractivity contribution >= 4 is 19.8 Å². The Morgan fingerprint density at radius 1 is 0.889 bits per heavy atom. The number of para-hydroxylation sites is 2. The van der Waals surface area contributed by atoms with Gasteiger partial charge in [-0.05, 0) is 30.2 Å². The molecule has 4 heteroatoms. The molecule has 0 spiro atoms. The molecule has 0 aliphatic heterocycles. The van der Waals surface area contributed by atoms with Gasteiger partial charge >= 0.3 is 0 Å². The molecule has 92 valence electrons. The standard InChI is InChI=1S/C14H15N2OP/c1-14(18-17,10-6-2-4-8-12(10)15)11-7-3-5-9-13(11)16/h2-9H,15-16H2,1H3. The van der Waals surface area contributed by atoms with Crippen LogP contribution in [0.1, 0.15) is 18.1 Å². The Hall–Kier alpha value is -1.86. The largest absolute Gasteiger partial charge is 0.398 e. The van der Waals surface area contributed by atoms with E-state index in [1.54, 1.807) is 12.1 Å². The van der Waals surface area contributed by atoms with Crippen LogP contribution in [-0.4, -0.2) is 0 Å². The predicted octanol–water partition coefficient (Wildman–Crippen LogP) is 3.41. The molecule has 0 saturated carbocycles. The monoisotopic (exact) mass is 258 g/mol. The smallest absolute Gasteiger partial charge is 0.171 e. The summed E-state index contributed by atoms with van der Waals surface area (Å²) in [4.78, 5) is 0. The molecule has 0 fully saturated rings. The summed E-state index contributed by atoms with van der Waals surface area (Å²) in [5, 5.41) is -0.726. The molecule has 0 aliphatic carbocycles. The Morgan fingerprint density at radius 3 is 1.61 bits per heavy atom. The summed E-state index contributed by atoms with van der Waals surface area (Å²) in [6, 6.07) is 14.8. The second kappa shape index (κ2) is 4.79. The number of hydrogen-bond acceptors (Lipinski definition) is 3. The molecule has 0 unspecified atom stereocenters. The van der Waals surface area contributed by atoms with E-state index in [-0.39, 0.29) is 8.46 Å². The van der Waals surface area contributed by atoms with Crippen LogP contribution in [-0.2, 0) is 9.72 Å². The van der Waals surface area contributed by atoms with E-state index in [1.807, 2.05) is 43.3 Å². The average Bonchev–Trinajstić information content (AvgIpc) is 2.39. The predicted molar refractivity (Wildman–Crippen MR) is 75.8 cm³/mol. The summed E-state index contributed by atoms with van der Waals surface area (Å²) >= 11 is 0. The van der Waals surface area contributed by atoms with Crippen molar-refractivity contribution in [3.63, 3.8) is 0 Å². The third kappa shape index (κ3) is 1.98. The highest BCUT2D eigenvalue weighted by molar-refractivity contribution is 7.26. The van der Waals surface area contributed by atoms with Gasteiger partial charge in [0, 0.05) is 11.4 Å². The summed E-state index contributed by atoms with van der Waals surface area (Å²) in [5.74, 6) is 0. The summed E-state index contributed by atoms with van der Waals surface area (Å²) < 4.78 is 11.7. The van der Waals surface area contributed by atoms with Crippen LogP contribution < -0.4 is 11.5 Å². The van der Waals surface area contributed by atoms with Crippen LogP contribution in [0.5, 0.6) is 0 Å². The molecule has 0 aliphatic rings. The van der Waals surface area contributed by atoms with Crippen molar-refractivity contribution in [3.8, 4) is 0 Å². The summed E-state index contributed by atoms with van der Waals surface area (Å²) in [5.41, 5.74) is 14.8. The van der Waals surface area contributed by atoms with E-state index < -0.39 is 5.16 Å². The molecule has 0 radical (unpaired) electrons. The van der Waals surface area contributed by atoms with E-state index in [4.69, 9.17) is 11.5 Å². The third-order valence-electron chi connectivity index (χ3n) is 3.15. The van der Waals surface area contributed by atoms with Crippen LogP contribution >= 0.6 is 8.46 Å². The van der Waals surface area contributed by atoms with E-state index in [9.17, 15) is 4.57 Å². The molecule has 2 aromatic carbocycles. The van der Waals surface area contributed by atoms with Crippen molar-refractivity contribution in [1.29, 1.82) is 0 Å². The van der Waals surface area contributed by atoms with Gasteiger partial charge in [-0.25, -0.2) is 0 Å². The fourth-order valence-electron chi connectivity index (χ4n) is 2.12. The minimum atomic E-state index is -0.726. The maximum absolute atomic E-state index is 11.7. The Morgan fingerprint density at radius 2 is 1.28 bits per heavy atom. The van der Waals surface area contributed by atoms with Gasteiger partial charge < -0.3 is 11.5 Å². The second-order valence-corrected chi connectivity index (χ2v) is 5.42. The molecular weight excluding hydrogens is 243 g/mol. The minimum absolute atomic E-state index is 0.0319. The normalized spacial score (nSPS) is 11.6. The lowest BCUT2D eigenvalue weighted by Gasteiger charge is -2.25. The van der Waals surface area contributed by atoms with Crippen LogP contribution in [0.3, 0.4) is 0 Å². The highest BCUT2D eigenvalue weighted by atomic mass is 31.1. The number of hydrogen-bond donors (Lipinski definition) is 2. The highest BCUT2D eigenvalue weighted by Crippen LogP contribution is 2.45. The molecule has 3 nitrogen and oxygen atoms in total. The van der Waals surface area contributed by atoms with E-state index >= 15 is 0 Å². The van der Waals surface area contributed by atoms with Gasteiger partial charge in [0.2, 0.25) is 0 Å². The van der Waals surface area contributed by atoms with Gasteiger partial charge in [0.25, 0.3) is 0 Å². The van der Waals surface area contributed by atoms with Gasteiger partial charge in [-0.3, -0.25) is 4.57 Å². The molecule has 2 rings (SSSR count). The van der Waals surface area contributed by atoms with Crippen LogP contribution in [0.2, 0.25) is 0 Å². The Kier molecular flexibility index (Phi) is 3.35. The molecule has 18 heavy (non-hydrogen) atoms. The average molecular weight is 258 g/mol. The van der Waals surface area contributed by atoms with Crippen molar-refractivity contribution in [2.24, 2.45) is 0 Å². The quantitative estimate of drug-likeness (QED) is 0.654. The summed E-state index contributed by atoms with van der Waals surface area (Å²) in [6.07, 6.45) is 0.